The van der Waals surface area contributed by atoms with Crippen molar-refractivity contribution in [2.24, 2.45) is 5.41 Å². The van der Waals surface area contributed by atoms with Crippen molar-refractivity contribution in [1.82, 2.24) is 20.2 Å². The number of thiophene rings is 1. The molecule has 0 aromatic carbocycles. The summed E-state index contributed by atoms with van der Waals surface area (Å²) in [5, 5.41) is 7.84. The minimum atomic E-state index is -0.0373. The van der Waals surface area contributed by atoms with Crippen LogP contribution in [0.15, 0.2) is 27.7 Å². The standard InChI is InChI=1S/C19H26N4OS/c1-2-15-9-18(24)22-17(21-15)12-23(11-14-3-8-25-13-14)16-10-19(16)4-6-20-7-5-19/h3,8-9,13,16,20H,2,4-7,10-12H2,1H3,(H,21,22,24). The first-order valence-electron chi connectivity index (χ1n) is 9.23. The van der Waals surface area contributed by atoms with Crippen LogP contribution in [-0.4, -0.2) is 34.0 Å². The summed E-state index contributed by atoms with van der Waals surface area (Å²) in [6.07, 6.45) is 4.59. The van der Waals surface area contributed by atoms with Crippen molar-refractivity contribution in [3.8, 4) is 0 Å². The van der Waals surface area contributed by atoms with Crippen molar-refractivity contribution in [2.75, 3.05) is 13.1 Å². The maximum absolute atomic E-state index is 11.9. The minimum Gasteiger partial charge on any atom is -0.317 e. The Bertz CT molecular complexity index is 764. The van der Waals surface area contributed by atoms with Gasteiger partial charge in [-0.05, 0) is 66.6 Å². The normalized spacial score (nSPS) is 21.8. The highest BCUT2D eigenvalue weighted by atomic mass is 32.1. The lowest BCUT2D eigenvalue weighted by Gasteiger charge is -2.29. The molecule has 2 fully saturated rings. The van der Waals surface area contributed by atoms with Crippen molar-refractivity contribution in [1.29, 1.82) is 0 Å². The number of piperidine rings is 1. The van der Waals surface area contributed by atoms with E-state index >= 15 is 0 Å². The maximum Gasteiger partial charge on any atom is 0.251 e. The van der Waals surface area contributed by atoms with Gasteiger partial charge >= 0.3 is 0 Å². The fraction of sp³-hybridized carbons (Fsp3) is 0.579. The third kappa shape index (κ3) is 3.71. The highest BCUT2D eigenvalue weighted by molar-refractivity contribution is 7.07. The summed E-state index contributed by atoms with van der Waals surface area (Å²) < 4.78 is 0. The van der Waals surface area contributed by atoms with Gasteiger partial charge in [0.2, 0.25) is 0 Å². The molecule has 1 saturated carbocycles. The molecule has 5 nitrogen and oxygen atoms in total. The number of rotatable bonds is 6. The summed E-state index contributed by atoms with van der Waals surface area (Å²) in [6, 6.07) is 4.41. The van der Waals surface area contributed by atoms with E-state index in [0.717, 1.165) is 44.1 Å². The molecule has 6 heteroatoms. The number of H-pyrrole nitrogens is 1. The molecule has 0 bridgehead atoms. The first-order valence-corrected chi connectivity index (χ1v) is 10.2. The van der Waals surface area contributed by atoms with Crippen LogP contribution in [-0.2, 0) is 19.5 Å². The number of hydrogen-bond donors (Lipinski definition) is 2. The van der Waals surface area contributed by atoms with E-state index in [2.05, 4.69) is 37.0 Å². The van der Waals surface area contributed by atoms with Crippen LogP contribution in [0.1, 0.15) is 43.3 Å². The second-order valence-electron chi connectivity index (χ2n) is 7.41. The first kappa shape index (κ1) is 16.9. The van der Waals surface area contributed by atoms with Gasteiger partial charge in [0.25, 0.3) is 5.56 Å². The van der Waals surface area contributed by atoms with Crippen LogP contribution in [0.3, 0.4) is 0 Å². The van der Waals surface area contributed by atoms with Gasteiger partial charge in [0.1, 0.15) is 5.82 Å². The van der Waals surface area contributed by atoms with Crippen LogP contribution >= 0.6 is 11.3 Å². The number of aromatic nitrogens is 2. The molecular formula is C19H26N4OS. The second-order valence-corrected chi connectivity index (χ2v) is 8.19. The molecule has 25 heavy (non-hydrogen) atoms. The van der Waals surface area contributed by atoms with E-state index in [4.69, 9.17) is 0 Å². The number of aryl methyl sites for hydroxylation is 1. The zero-order valence-corrected chi connectivity index (χ0v) is 15.6. The Labute approximate surface area is 152 Å². The number of nitrogens with one attached hydrogen (secondary N) is 2. The third-order valence-electron chi connectivity index (χ3n) is 5.71. The number of nitrogens with zero attached hydrogens (tertiary/aromatic N) is 2. The lowest BCUT2D eigenvalue weighted by Crippen LogP contribution is -2.36. The Hall–Kier alpha value is -1.50. The van der Waals surface area contributed by atoms with Crippen LogP contribution in [0.25, 0.3) is 0 Å². The van der Waals surface area contributed by atoms with E-state index in [1.807, 2.05) is 6.92 Å². The molecule has 1 spiro atoms. The van der Waals surface area contributed by atoms with E-state index in [1.165, 1.54) is 24.8 Å². The van der Waals surface area contributed by atoms with Crippen molar-refractivity contribution >= 4 is 11.3 Å². The molecule has 3 heterocycles. The molecule has 1 atom stereocenters. The van der Waals surface area contributed by atoms with Crippen LogP contribution < -0.4 is 10.9 Å². The van der Waals surface area contributed by atoms with Crippen LogP contribution in [0.4, 0.5) is 0 Å². The van der Waals surface area contributed by atoms with Crippen molar-refractivity contribution < 1.29 is 0 Å². The molecule has 134 valence electrons. The van der Waals surface area contributed by atoms with E-state index in [9.17, 15) is 4.79 Å². The predicted molar refractivity (Wildman–Crippen MR) is 101 cm³/mol. The molecule has 2 aromatic heterocycles. The molecule has 1 aliphatic heterocycles. The Kier molecular flexibility index (Phi) is 4.75. The summed E-state index contributed by atoms with van der Waals surface area (Å²) in [5.41, 5.74) is 2.67. The number of aromatic amines is 1. The Morgan fingerprint density at radius 2 is 2.20 bits per heavy atom. The van der Waals surface area contributed by atoms with Crippen LogP contribution in [0, 0.1) is 5.41 Å². The number of hydrogen-bond acceptors (Lipinski definition) is 5. The lowest BCUT2D eigenvalue weighted by molar-refractivity contribution is 0.184. The van der Waals surface area contributed by atoms with E-state index < -0.39 is 0 Å². The van der Waals surface area contributed by atoms with Gasteiger partial charge in [-0.3, -0.25) is 9.69 Å². The monoisotopic (exact) mass is 358 g/mol. The largest absolute Gasteiger partial charge is 0.317 e. The van der Waals surface area contributed by atoms with Gasteiger partial charge in [-0.1, -0.05) is 6.92 Å². The van der Waals surface area contributed by atoms with Gasteiger partial charge in [0, 0.05) is 24.3 Å². The Morgan fingerprint density at radius 3 is 2.92 bits per heavy atom. The molecule has 2 aromatic rings. The van der Waals surface area contributed by atoms with Gasteiger partial charge in [0.05, 0.1) is 6.54 Å². The van der Waals surface area contributed by atoms with Crippen molar-refractivity contribution in [3.05, 3.63) is 50.3 Å². The van der Waals surface area contributed by atoms with Gasteiger partial charge in [-0.2, -0.15) is 11.3 Å². The molecule has 1 saturated heterocycles. The van der Waals surface area contributed by atoms with Gasteiger partial charge in [0.15, 0.2) is 0 Å². The summed E-state index contributed by atoms with van der Waals surface area (Å²) in [4.78, 5) is 22.1. The summed E-state index contributed by atoms with van der Waals surface area (Å²) in [6.45, 7) is 5.95. The predicted octanol–water partition coefficient (Wildman–Crippen LogP) is 2.54. The second kappa shape index (κ2) is 7.02. The fourth-order valence-electron chi connectivity index (χ4n) is 4.21. The molecular weight excluding hydrogens is 332 g/mol. The average molecular weight is 359 g/mol. The molecule has 0 amide bonds. The van der Waals surface area contributed by atoms with E-state index in [0.29, 0.717) is 11.5 Å². The third-order valence-corrected chi connectivity index (χ3v) is 6.44. The van der Waals surface area contributed by atoms with E-state index in [1.54, 1.807) is 17.4 Å². The zero-order chi connectivity index (χ0) is 17.3. The SMILES string of the molecule is CCc1cc(=O)[nH]c(CN(Cc2ccsc2)C2CC23CCNCC3)n1. The molecule has 2 aliphatic rings. The van der Waals surface area contributed by atoms with Gasteiger partial charge in [-0.15, -0.1) is 0 Å². The highest BCUT2D eigenvalue weighted by Crippen LogP contribution is 2.56. The molecule has 1 unspecified atom stereocenters. The average Bonchev–Trinajstić information content (AvgIpc) is 3.04. The van der Waals surface area contributed by atoms with Gasteiger partial charge in [-0.25, -0.2) is 4.98 Å². The smallest absolute Gasteiger partial charge is 0.251 e. The minimum absolute atomic E-state index is 0.0373. The Balaban J connectivity index is 1.55. The lowest BCUT2D eigenvalue weighted by atomic mass is 9.93. The van der Waals surface area contributed by atoms with Gasteiger partial charge < -0.3 is 10.3 Å². The maximum atomic E-state index is 11.9. The highest BCUT2D eigenvalue weighted by Gasteiger charge is 2.56. The van der Waals surface area contributed by atoms with Crippen LogP contribution in [0.2, 0.25) is 0 Å². The molecule has 0 radical (unpaired) electrons. The first-order chi connectivity index (χ1) is 12.2. The topological polar surface area (TPSA) is 61.0 Å². The van der Waals surface area contributed by atoms with E-state index in [-0.39, 0.29) is 5.56 Å². The van der Waals surface area contributed by atoms with Crippen LogP contribution in [0.5, 0.6) is 0 Å². The summed E-state index contributed by atoms with van der Waals surface area (Å²) >= 11 is 1.75. The quantitative estimate of drug-likeness (QED) is 0.833. The van der Waals surface area contributed by atoms with Crippen molar-refractivity contribution in [2.45, 2.75) is 51.7 Å². The summed E-state index contributed by atoms with van der Waals surface area (Å²) in [7, 11) is 0. The molecule has 1 aliphatic carbocycles. The van der Waals surface area contributed by atoms with Crippen molar-refractivity contribution in [3.63, 3.8) is 0 Å². The summed E-state index contributed by atoms with van der Waals surface area (Å²) in [5.74, 6) is 0.801. The molecule has 2 N–H and O–H groups in total. The zero-order valence-electron chi connectivity index (χ0n) is 14.8. The fourth-order valence-corrected chi connectivity index (χ4v) is 4.87. The Morgan fingerprint density at radius 1 is 1.36 bits per heavy atom. The molecule has 4 rings (SSSR count).